The number of carbonyl (C=O) groups is 4. The van der Waals surface area contributed by atoms with E-state index in [2.05, 4.69) is 10.6 Å². The number of rotatable bonds is 14. The smallest absolute Gasteiger partial charge is 0.410 e. The van der Waals surface area contributed by atoms with Crippen molar-refractivity contribution in [2.75, 3.05) is 19.7 Å². The van der Waals surface area contributed by atoms with Gasteiger partial charge in [0.25, 0.3) is 0 Å². The summed E-state index contributed by atoms with van der Waals surface area (Å²) in [4.78, 5) is 52.8. The van der Waals surface area contributed by atoms with Gasteiger partial charge in [-0.2, -0.15) is 0 Å². The van der Waals surface area contributed by atoms with Crippen molar-refractivity contribution in [3.8, 4) is 5.75 Å². The van der Waals surface area contributed by atoms with Crippen molar-refractivity contribution in [2.24, 2.45) is 5.92 Å². The summed E-state index contributed by atoms with van der Waals surface area (Å²) < 4.78 is 17.1. The first-order chi connectivity index (χ1) is 23.0. The molecule has 1 heterocycles. The average Bonchev–Trinajstić information content (AvgIpc) is 3.02. The Kier molecular flexibility index (Phi) is 14.5. The molecule has 0 aromatic heterocycles. The molecular formula is C39H57N3O7. The van der Waals surface area contributed by atoms with Gasteiger partial charge in [-0.1, -0.05) is 30.3 Å². The minimum Gasteiger partial charge on any atom is -0.494 e. The Labute approximate surface area is 292 Å². The number of aryl methyl sites for hydroxylation is 2. The second-order valence-electron chi connectivity index (χ2n) is 15.0. The molecule has 0 aliphatic carbocycles. The highest BCUT2D eigenvalue weighted by Gasteiger charge is 2.28. The number of esters is 1. The van der Waals surface area contributed by atoms with Crippen molar-refractivity contribution in [3.05, 3.63) is 64.7 Å². The lowest BCUT2D eigenvalue weighted by Gasteiger charge is -2.34. The van der Waals surface area contributed by atoms with E-state index in [1.165, 1.54) is 0 Å². The minimum atomic E-state index is -0.775. The molecule has 2 atom stereocenters. The first-order valence-electron chi connectivity index (χ1n) is 17.5. The van der Waals surface area contributed by atoms with E-state index in [-0.39, 0.29) is 37.3 Å². The SMILES string of the molecule is Cc1cc(OCCC2CCCN(C(=O)OC(C)(C)C)C2)cc(CNC(=O)[C@H](CCc2ccccc2)NC(=O)CCC(=O)OC(C)(C)C)c1C. The number of piperidine rings is 1. The number of carbonyl (C=O) groups excluding carboxylic acids is 4. The Bertz CT molecular complexity index is 1410. The molecule has 0 radical (unpaired) electrons. The van der Waals surface area contributed by atoms with Gasteiger partial charge in [-0.25, -0.2) is 4.79 Å². The fourth-order valence-electron chi connectivity index (χ4n) is 5.70. The summed E-state index contributed by atoms with van der Waals surface area (Å²) in [6.07, 6.45) is 3.40. The summed E-state index contributed by atoms with van der Waals surface area (Å²) in [6, 6.07) is 13.0. The lowest BCUT2D eigenvalue weighted by molar-refractivity contribution is -0.155. The highest BCUT2D eigenvalue weighted by molar-refractivity contribution is 5.88. The van der Waals surface area contributed by atoms with Gasteiger partial charge >= 0.3 is 12.1 Å². The molecule has 2 N–H and O–H groups in total. The molecule has 1 unspecified atom stereocenters. The maximum absolute atomic E-state index is 13.5. The molecule has 49 heavy (non-hydrogen) atoms. The third-order valence-electron chi connectivity index (χ3n) is 8.36. The van der Waals surface area contributed by atoms with E-state index in [1.807, 2.05) is 77.1 Å². The lowest BCUT2D eigenvalue weighted by Crippen LogP contribution is -2.47. The quantitative estimate of drug-likeness (QED) is 0.217. The van der Waals surface area contributed by atoms with Crippen LogP contribution in [0.25, 0.3) is 0 Å². The van der Waals surface area contributed by atoms with Gasteiger partial charge < -0.3 is 29.7 Å². The van der Waals surface area contributed by atoms with Gasteiger partial charge in [0.05, 0.1) is 13.0 Å². The van der Waals surface area contributed by atoms with Crippen molar-refractivity contribution in [1.82, 2.24) is 15.5 Å². The molecule has 270 valence electrons. The first kappa shape index (κ1) is 39.4. The highest BCUT2D eigenvalue weighted by Crippen LogP contribution is 2.25. The highest BCUT2D eigenvalue weighted by atomic mass is 16.6. The van der Waals surface area contributed by atoms with Gasteiger partial charge in [-0.15, -0.1) is 0 Å². The van der Waals surface area contributed by atoms with E-state index in [0.717, 1.165) is 47.3 Å². The van der Waals surface area contributed by atoms with E-state index in [1.54, 1.807) is 25.7 Å². The molecule has 0 spiro atoms. The summed E-state index contributed by atoms with van der Waals surface area (Å²) in [5.74, 6) is -0.0743. The van der Waals surface area contributed by atoms with Crippen LogP contribution in [0, 0.1) is 19.8 Å². The zero-order valence-electron chi connectivity index (χ0n) is 30.8. The van der Waals surface area contributed by atoms with Crippen LogP contribution < -0.4 is 15.4 Å². The monoisotopic (exact) mass is 679 g/mol. The fourth-order valence-corrected chi connectivity index (χ4v) is 5.70. The molecule has 2 aromatic carbocycles. The number of likely N-dealkylation sites (tertiary alicyclic amines) is 1. The minimum absolute atomic E-state index is 0.0653. The number of hydrogen-bond acceptors (Lipinski definition) is 7. The molecule has 1 fully saturated rings. The molecule has 0 saturated carbocycles. The molecule has 3 amide bonds. The Morgan fingerprint density at radius 1 is 0.939 bits per heavy atom. The van der Waals surface area contributed by atoms with Crippen molar-refractivity contribution < 1.29 is 33.4 Å². The molecule has 10 nitrogen and oxygen atoms in total. The Balaban J connectivity index is 1.58. The van der Waals surface area contributed by atoms with Crippen molar-refractivity contribution >= 4 is 23.9 Å². The number of nitrogens with zero attached hydrogens (tertiary/aromatic N) is 1. The summed E-state index contributed by atoms with van der Waals surface area (Å²) >= 11 is 0. The van der Waals surface area contributed by atoms with Crippen LogP contribution in [0.2, 0.25) is 0 Å². The van der Waals surface area contributed by atoms with Crippen LogP contribution in [0.3, 0.4) is 0 Å². The predicted molar refractivity (Wildman–Crippen MR) is 190 cm³/mol. The van der Waals surface area contributed by atoms with Gasteiger partial charge in [0.2, 0.25) is 11.8 Å². The fraction of sp³-hybridized carbons (Fsp3) is 0.590. The van der Waals surface area contributed by atoms with Crippen LogP contribution in [-0.4, -0.2) is 65.7 Å². The van der Waals surface area contributed by atoms with E-state index < -0.39 is 23.2 Å². The normalized spacial score (nSPS) is 15.6. The van der Waals surface area contributed by atoms with Gasteiger partial charge in [0.1, 0.15) is 23.0 Å². The molecule has 10 heteroatoms. The molecule has 2 aromatic rings. The number of nitrogens with one attached hydrogen (secondary N) is 2. The van der Waals surface area contributed by atoms with Crippen molar-refractivity contribution in [2.45, 2.75) is 124 Å². The van der Waals surface area contributed by atoms with Crippen molar-refractivity contribution in [1.29, 1.82) is 0 Å². The third kappa shape index (κ3) is 14.5. The number of ether oxygens (including phenoxy) is 3. The molecule has 0 bridgehead atoms. The van der Waals surface area contributed by atoms with Crippen LogP contribution in [-0.2, 0) is 36.8 Å². The van der Waals surface area contributed by atoms with E-state index >= 15 is 0 Å². The van der Waals surface area contributed by atoms with Crippen LogP contribution in [0.5, 0.6) is 5.75 Å². The average molecular weight is 680 g/mol. The van der Waals surface area contributed by atoms with Crippen LogP contribution in [0.1, 0.15) is 102 Å². The molecule has 3 rings (SSSR count). The standard InChI is InChI=1S/C39H57N3O7/c1-27-23-32(47-22-20-30-15-12-21-42(26-30)37(46)49-39(6,7)8)24-31(28(27)2)25-40-36(45)33(17-16-29-13-10-9-11-14-29)41-34(43)18-19-35(44)48-38(3,4)5/h9-11,13-14,23-24,30,33H,12,15-22,25-26H2,1-8H3,(H,40,45)(H,41,43)/t30?,33-/m0/s1. The second kappa shape index (κ2) is 18.1. The molecule has 1 aliphatic heterocycles. The van der Waals surface area contributed by atoms with Crippen LogP contribution in [0.15, 0.2) is 42.5 Å². The number of amides is 3. The summed E-state index contributed by atoms with van der Waals surface area (Å²) in [6.45, 7) is 17.1. The maximum Gasteiger partial charge on any atom is 0.410 e. The third-order valence-corrected chi connectivity index (χ3v) is 8.36. The van der Waals surface area contributed by atoms with Crippen LogP contribution in [0.4, 0.5) is 4.79 Å². The Hall–Kier alpha value is -4.08. The maximum atomic E-state index is 13.5. The molecule has 1 saturated heterocycles. The summed E-state index contributed by atoms with van der Waals surface area (Å²) in [5, 5.41) is 5.86. The second-order valence-corrected chi connectivity index (χ2v) is 15.0. The Morgan fingerprint density at radius 2 is 1.63 bits per heavy atom. The number of hydrogen-bond donors (Lipinski definition) is 2. The lowest BCUT2D eigenvalue weighted by atomic mass is 9.95. The number of benzene rings is 2. The van der Waals surface area contributed by atoms with E-state index in [0.29, 0.717) is 38.5 Å². The molecular weight excluding hydrogens is 622 g/mol. The zero-order valence-corrected chi connectivity index (χ0v) is 30.8. The van der Waals surface area contributed by atoms with Crippen molar-refractivity contribution in [3.63, 3.8) is 0 Å². The van der Waals surface area contributed by atoms with Gasteiger partial charge in [-0.05, 0) is 128 Å². The zero-order chi connectivity index (χ0) is 36.2. The largest absolute Gasteiger partial charge is 0.494 e. The summed E-state index contributed by atoms with van der Waals surface area (Å²) in [5.41, 5.74) is 2.93. The van der Waals surface area contributed by atoms with E-state index in [9.17, 15) is 19.2 Å². The predicted octanol–water partition coefficient (Wildman–Crippen LogP) is 6.58. The van der Waals surface area contributed by atoms with Gasteiger partial charge in [0, 0.05) is 26.1 Å². The van der Waals surface area contributed by atoms with Gasteiger partial charge in [-0.3, -0.25) is 14.4 Å². The Morgan fingerprint density at radius 3 is 2.31 bits per heavy atom. The van der Waals surface area contributed by atoms with Gasteiger partial charge in [0.15, 0.2) is 0 Å². The topological polar surface area (TPSA) is 123 Å². The summed E-state index contributed by atoms with van der Waals surface area (Å²) in [7, 11) is 0. The first-order valence-corrected chi connectivity index (χ1v) is 17.5. The van der Waals surface area contributed by atoms with E-state index in [4.69, 9.17) is 14.2 Å². The van der Waals surface area contributed by atoms with Crippen LogP contribution >= 0.6 is 0 Å². The molecule has 1 aliphatic rings.